The van der Waals surface area contributed by atoms with Gasteiger partial charge in [-0.15, -0.1) is 11.3 Å². The van der Waals surface area contributed by atoms with Gasteiger partial charge in [0.1, 0.15) is 11.5 Å². The minimum atomic E-state index is -0.304. The number of benzene rings is 2. The van der Waals surface area contributed by atoms with Crippen LogP contribution in [0.25, 0.3) is 11.3 Å². The van der Waals surface area contributed by atoms with Crippen molar-refractivity contribution in [2.45, 2.75) is 20.3 Å². The normalized spacial score (nSPS) is 12.6. The Morgan fingerprint density at radius 2 is 1.94 bits per heavy atom. The van der Waals surface area contributed by atoms with Gasteiger partial charge in [-0.25, -0.2) is 4.98 Å². The molecule has 0 saturated carbocycles. The summed E-state index contributed by atoms with van der Waals surface area (Å²) >= 11 is 1.36. The summed E-state index contributed by atoms with van der Waals surface area (Å²) in [5.41, 5.74) is 4.25. The Balaban J connectivity index is 1.51. The van der Waals surface area contributed by atoms with Crippen LogP contribution >= 0.6 is 11.3 Å². The molecular weight excluding hydrogens is 426 g/mol. The summed E-state index contributed by atoms with van der Waals surface area (Å²) in [6, 6.07) is 11.1. The van der Waals surface area contributed by atoms with Crippen molar-refractivity contribution < 1.29 is 19.1 Å². The van der Waals surface area contributed by atoms with Crippen molar-refractivity contribution in [1.29, 1.82) is 0 Å². The summed E-state index contributed by atoms with van der Waals surface area (Å²) in [6.07, 6.45) is 0.826. The molecule has 32 heavy (non-hydrogen) atoms. The Morgan fingerprint density at radius 1 is 1.12 bits per heavy atom. The number of thiazole rings is 1. The Bertz CT molecular complexity index is 1170. The van der Waals surface area contributed by atoms with E-state index in [9.17, 15) is 9.59 Å². The molecular formula is C24H25N3O4S. The number of anilines is 2. The molecule has 8 heteroatoms. The van der Waals surface area contributed by atoms with E-state index in [-0.39, 0.29) is 17.7 Å². The molecule has 1 aromatic heterocycles. The van der Waals surface area contributed by atoms with Crippen molar-refractivity contribution >= 4 is 34.0 Å². The molecule has 0 atom stereocenters. The fourth-order valence-corrected chi connectivity index (χ4v) is 4.43. The summed E-state index contributed by atoms with van der Waals surface area (Å²) in [6.45, 7) is 4.54. The summed E-state index contributed by atoms with van der Waals surface area (Å²) < 4.78 is 10.5. The van der Waals surface area contributed by atoms with Crippen molar-refractivity contribution in [3.8, 4) is 22.8 Å². The van der Waals surface area contributed by atoms with Gasteiger partial charge in [-0.1, -0.05) is 19.9 Å². The van der Waals surface area contributed by atoms with Crippen LogP contribution in [-0.2, 0) is 11.2 Å². The SMILES string of the molecule is COc1ccc(C(=O)Nc2nc(-c3ccc4c(c3)CCN4C(=O)C(C)C)cs2)c(OC)c1. The second kappa shape index (κ2) is 9.00. The van der Waals surface area contributed by atoms with Crippen LogP contribution in [0, 0.1) is 5.92 Å². The zero-order chi connectivity index (χ0) is 22.8. The lowest BCUT2D eigenvalue weighted by Gasteiger charge is -2.19. The zero-order valence-corrected chi connectivity index (χ0v) is 19.3. The standard InChI is InChI=1S/C24H25N3O4S/c1-14(2)23(29)27-10-9-16-11-15(5-8-20(16)27)19-13-32-24(25-19)26-22(28)18-7-6-17(30-3)12-21(18)31-4/h5-8,11-14H,9-10H2,1-4H3,(H,25,26,28). The first-order valence-corrected chi connectivity index (χ1v) is 11.2. The number of carbonyl (C=O) groups is 2. The molecule has 0 spiro atoms. The topological polar surface area (TPSA) is 80.8 Å². The largest absolute Gasteiger partial charge is 0.497 e. The van der Waals surface area contributed by atoms with Crippen LogP contribution < -0.4 is 19.7 Å². The van der Waals surface area contributed by atoms with Crippen LogP contribution in [0.4, 0.5) is 10.8 Å². The Hall–Kier alpha value is -3.39. The van der Waals surface area contributed by atoms with Crippen LogP contribution in [0.5, 0.6) is 11.5 Å². The first-order valence-electron chi connectivity index (χ1n) is 10.3. The van der Waals surface area contributed by atoms with Crippen LogP contribution in [0.15, 0.2) is 41.8 Å². The molecule has 0 radical (unpaired) electrons. The first-order chi connectivity index (χ1) is 15.4. The van der Waals surface area contributed by atoms with Gasteiger partial charge in [-0.2, -0.15) is 0 Å². The number of nitrogens with zero attached hydrogens (tertiary/aromatic N) is 2. The fourth-order valence-electron chi connectivity index (χ4n) is 3.72. The van der Waals surface area contributed by atoms with Gasteiger partial charge in [-0.3, -0.25) is 14.9 Å². The van der Waals surface area contributed by atoms with Gasteiger partial charge in [0, 0.05) is 35.2 Å². The molecule has 1 N–H and O–H groups in total. The molecule has 0 bridgehead atoms. The van der Waals surface area contributed by atoms with E-state index >= 15 is 0 Å². The van der Waals surface area contributed by atoms with Crippen molar-refractivity contribution in [1.82, 2.24) is 4.98 Å². The van der Waals surface area contributed by atoms with E-state index in [2.05, 4.69) is 16.4 Å². The molecule has 0 aliphatic carbocycles. The third kappa shape index (κ3) is 4.18. The van der Waals surface area contributed by atoms with Gasteiger partial charge in [-0.05, 0) is 36.2 Å². The van der Waals surface area contributed by atoms with E-state index in [0.717, 1.165) is 28.9 Å². The van der Waals surface area contributed by atoms with Crippen LogP contribution in [0.3, 0.4) is 0 Å². The molecule has 0 fully saturated rings. The van der Waals surface area contributed by atoms with E-state index in [4.69, 9.17) is 9.47 Å². The zero-order valence-electron chi connectivity index (χ0n) is 18.5. The summed E-state index contributed by atoms with van der Waals surface area (Å²) in [7, 11) is 3.07. The summed E-state index contributed by atoms with van der Waals surface area (Å²) in [4.78, 5) is 31.6. The molecule has 166 valence electrons. The van der Waals surface area contributed by atoms with E-state index in [1.165, 1.54) is 18.4 Å². The molecule has 1 aliphatic heterocycles. The number of methoxy groups -OCH3 is 2. The van der Waals surface area contributed by atoms with Gasteiger partial charge in [0.25, 0.3) is 5.91 Å². The smallest absolute Gasteiger partial charge is 0.261 e. The molecule has 2 heterocycles. The average Bonchev–Trinajstić information content (AvgIpc) is 3.44. The lowest BCUT2D eigenvalue weighted by molar-refractivity contribution is -0.121. The number of carbonyl (C=O) groups excluding carboxylic acids is 2. The number of hydrogen-bond donors (Lipinski definition) is 1. The molecule has 3 aromatic rings. The monoisotopic (exact) mass is 451 g/mol. The van der Waals surface area contributed by atoms with Crippen molar-refractivity contribution in [3.05, 3.63) is 52.9 Å². The molecule has 4 rings (SSSR count). The predicted octanol–water partition coefficient (Wildman–Crippen LogP) is 4.62. The van der Waals surface area contributed by atoms with Crippen LogP contribution in [0.2, 0.25) is 0 Å². The average molecular weight is 452 g/mol. The van der Waals surface area contributed by atoms with Crippen LogP contribution in [-0.4, -0.2) is 37.6 Å². The van der Waals surface area contributed by atoms with Gasteiger partial charge < -0.3 is 14.4 Å². The van der Waals surface area contributed by atoms with Gasteiger partial charge in [0.2, 0.25) is 5.91 Å². The number of fused-ring (bicyclic) bond motifs is 1. The maximum Gasteiger partial charge on any atom is 0.261 e. The maximum atomic E-state index is 12.7. The number of rotatable bonds is 6. The molecule has 2 aromatic carbocycles. The highest BCUT2D eigenvalue weighted by Crippen LogP contribution is 2.34. The van der Waals surface area contributed by atoms with E-state index < -0.39 is 0 Å². The molecule has 2 amide bonds. The number of amides is 2. The highest BCUT2D eigenvalue weighted by atomic mass is 32.1. The maximum absolute atomic E-state index is 12.7. The van der Waals surface area contributed by atoms with Gasteiger partial charge in [0.15, 0.2) is 5.13 Å². The molecule has 0 unspecified atom stereocenters. The minimum Gasteiger partial charge on any atom is -0.497 e. The Morgan fingerprint density at radius 3 is 2.66 bits per heavy atom. The molecule has 0 saturated heterocycles. The highest BCUT2D eigenvalue weighted by molar-refractivity contribution is 7.14. The van der Waals surface area contributed by atoms with Crippen molar-refractivity contribution in [2.75, 3.05) is 31.0 Å². The van der Waals surface area contributed by atoms with Crippen molar-refractivity contribution in [3.63, 3.8) is 0 Å². The highest BCUT2D eigenvalue weighted by Gasteiger charge is 2.26. The van der Waals surface area contributed by atoms with E-state index in [1.54, 1.807) is 25.3 Å². The van der Waals surface area contributed by atoms with Gasteiger partial charge in [0.05, 0.1) is 25.5 Å². The quantitative estimate of drug-likeness (QED) is 0.591. The second-order valence-corrected chi connectivity index (χ2v) is 8.65. The van der Waals surface area contributed by atoms with Gasteiger partial charge >= 0.3 is 0 Å². The molecule has 1 aliphatic rings. The number of aromatic nitrogens is 1. The summed E-state index contributed by atoms with van der Waals surface area (Å²) in [5.74, 6) is 0.846. The van der Waals surface area contributed by atoms with Crippen molar-refractivity contribution in [2.24, 2.45) is 5.92 Å². The third-order valence-electron chi connectivity index (χ3n) is 5.41. The second-order valence-electron chi connectivity index (χ2n) is 7.80. The number of ether oxygens (including phenoxy) is 2. The summed E-state index contributed by atoms with van der Waals surface area (Å²) in [5, 5.41) is 5.25. The van der Waals surface area contributed by atoms with E-state index in [0.29, 0.717) is 28.7 Å². The first kappa shape index (κ1) is 21.8. The third-order valence-corrected chi connectivity index (χ3v) is 6.17. The predicted molar refractivity (Wildman–Crippen MR) is 126 cm³/mol. The number of hydrogen-bond acceptors (Lipinski definition) is 6. The lowest BCUT2D eigenvalue weighted by Crippen LogP contribution is -2.32. The lowest BCUT2D eigenvalue weighted by atomic mass is 10.1. The Labute approximate surface area is 191 Å². The Kier molecular flexibility index (Phi) is 6.14. The fraction of sp³-hybridized carbons (Fsp3) is 0.292. The minimum absolute atomic E-state index is 0.0327. The van der Waals surface area contributed by atoms with Crippen LogP contribution in [0.1, 0.15) is 29.8 Å². The van der Waals surface area contributed by atoms with E-state index in [1.807, 2.05) is 36.3 Å². The molecule has 7 nitrogen and oxygen atoms in total. The number of nitrogens with one attached hydrogen (secondary N) is 1.